The van der Waals surface area contributed by atoms with E-state index >= 15 is 0 Å². The molecule has 7 heteroatoms. The Bertz CT molecular complexity index is 477. The second kappa shape index (κ2) is 6.04. The molecular formula is C10H14F2N2O2S. The van der Waals surface area contributed by atoms with Crippen LogP contribution in [-0.2, 0) is 16.6 Å². The lowest BCUT2D eigenvalue weighted by atomic mass is 10.2. The van der Waals surface area contributed by atoms with Crippen LogP contribution in [0.4, 0.5) is 8.78 Å². The van der Waals surface area contributed by atoms with E-state index in [4.69, 9.17) is 0 Å². The number of hydrogen-bond acceptors (Lipinski definition) is 3. The van der Waals surface area contributed by atoms with Crippen LogP contribution in [-0.4, -0.2) is 27.8 Å². The molecule has 0 heterocycles. The second-order valence-corrected chi connectivity index (χ2v) is 5.39. The van der Waals surface area contributed by atoms with Gasteiger partial charge in [-0.1, -0.05) is 12.1 Å². The highest BCUT2D eigenvalue weighted by molar-refractivity contribution is 7.88. The highest BCUT2D eigenvalue weighted by Crippen LogP contribution is 2.10. The van der Waals surface area contributed by atoms with Gasteiger partial charge in [0.25, 0.3) is 0 Å². The summed E-state index contributed by atoms with van der Waals surface area (Å²) in [5.74, 6) is -1.77. The molecule has 0 spiro atoms. The third-order valence-electron chi connectivity index (χ3n) is 2.01. The molecule has 0 saturated carbocycles. The first-order chi connectivity index (χ1) is 7.90. The molecule has 0 aliphatic carbocycles. The van der Waals surface area contributed by atoms with Crippen LogP contribution in [0.5, 0.6) is 0 Å². The number of hydrogen-bond donors (Lipinski definition) is 2. The zero-order valence-corrected chi connectivity index (χ0v) is 10.2. The summed E-state index contributed by atoms with van der Waals surface area (Å²) in [5.41, 5.74) is 0.212. The van der Waals surface area contributed by atoms with Crippen LogP contribution in [0, 0.1) is 11.6 Å². The molecule has 96 valence electrons. The van der Waals surface area contributed by atoms with Gasteiger partial charge in [0.2, 0.25) is 10.0 Å². The maximum Gasteiger partial charge on any atom is 0.208 e. The molecule has 0 fully saturated rings. The molecule has 1 aromatic rings. The van der Waals surface area contributed by atoms with Crippen molar-refractivity contribution < 1.29 is 17.2 Å². The lowest BCUT2D eigenvalue weighted by Crippen LogP contribution is -2.31. The minimum Gasteiger partial charge on any atom is -0.311 e. The Kier molecular flexibility index (Phi) is 4.98. The van der Waals surface area contributed by atoms with E-state index in [9.17, 15) is 17.2 Å². The number of sulfonamides is 1. The Labute approximate surface area is 99.1 Å². The molecule has 0 aliphatic heterocycles. The van der Waals surface area contributed by atoms with Gasteiger partial charge in [0.15, 0.2) is 11.6 Å². The van der Waals surface area contributed by atoms with Gasteiger partial charge in [-0.25, -0.2) is 21.9 Å². The van der Waals surface area contributed by atoms with Crippen molar-refractivity contribution in [3.05, 3.63) is 35.4 Å². The summed E-state index contributed by atoms with van der Waals surface area (Å²) in [6.45, 7) is 0.688. The Morgan fingerprint density at radius 2 is 1.94 bits per heavy atom. The molecule has 1 rings (SSSR count). The van der Waals surface area contributed by atoms with E-state index in [2.05, 4.69) is 10.0 Å². The van der Waals surface area contributed by atoms with Crippen LogP contribution < -0.4 is 10.0 Å². The Hall–Kier alpha value is -1.05. The zero-order valence-electron chi connectivity index (χ0n) is 9.33. The highest BCUT2D eigenvalue weighted by atomic mass is 32.2. The second-order valence-electron chi connectivity index (χ2n) is 3.56. The Balaban J connectivity index is 2.34. The molecule has 0 radical (unpaired) electrons. The fraction of sp³-hybridized carbons (Fsp3) is 0.400. The summed E-state index contributed by atoms with van der Waals surface area (Å²) in [7, 11) is -3.21. The van der Waals surface area contributed by atoms with E-state index in [1.165, 1.54) is 12.1 Å². The van der Waals surface area contributed by atoms with Gasteiger partial charge in [-0.05, 0) is 6.07 Å². The van der Waals surface area contributed by atoms with Crippen LogP contribution in [0.1, 0.15) is 5.56 Å². The molecule has 17 heavy (non-hydrogen) atoms. The summed E-state index contributed by atoms with van der Waals surface area (Å²) < 4.78 is 49.7. The van der Waals surface area contributed by atoms with Crippen molar-refractivity contribution in [2.75, 3.05) is 19.3 Å². The largest absolute Gasteiger partial charge is 0.311 e. The third kappa shape index (κ3) is 5.20. The molecule has 0 amide bonds. The maximum atomic E-state index is 13.2. The van der Waals surface area contributed by atoms with E-state index in [0.29, 0.717) is 6.54 Å². The van der Waals surface area contributed by atoms with E-state index in [0.717, 1.165) is 12.3 Å². The van der Waals surface area contributed by atoms with Crippen LogP contribution in [0.15, 0.2) is 18.2 Å². The fourth-order valence-electron chi connectivity index (χ4n) is 1.23. The summed E-state index contributed by atoms with van der Waals surface area (Å²) in [6.07, 6.45) is 1.05. The lowest BCUT2D eigenvalue weighted by molar-refractivity contribution is 0.493. The van der Waals surface area contributed by atoms with Crippen molar-refractivity contribution in [2.24, 2.45) is 0 Å². The van der Waals surface area contributed by atoms with Gasteiger partial charge in [0.05, 0.1) is 6.26 Å². The number of nitrogens with one attached hydrogen (secondary N) is 2. The van der Waals surface area contributed by atoms with E-state index < -0.39 is 21.7 Å². The predicted octanol–water partition coefficient (Wildman–Crippen LogP) is 0.604. The average molecular weight is 264 g/mol. The van der Waals surface area contributed by atoms with Crippen molar-refractivity contribution in [1.82, 2.24) is 10.0 Å². The van der Waals surface area contributed by atoms with Crippen molar-refractivity contribution >= 4 is 10.0 Å². The van der Waals surface area contributed by atoms with Crippen LogP contribution in [0.2, 0.25) is 0 Å². The Morgan fingerprint density at radius 3 is 2.59 bits per heavy atom. The van der Waals surface area contributed by atoms with Crippen LogP contribution in [0.25, 0.3) is 0 Å². The smallest absolute Gasteiger partial charge is 0.208 e. The molecule has 0 aliphatic rings. The van der Waals surface area contributed by atoms with Crippen molar-refractivity contribution in [2.45, 2.75) is 6.54 Å². The van der Waals surface area contributed by atoms with Crippen LogP contribution in [0.3, 0.4) is 0 Å². The highest BCUT2D eigenvalue weighted by Gasteiger charge is 2.06. The minimum atomic E-state index is -3.21. The average Bonchev–Trinajstić information content (AvgIpc) is 2.22. The number of benzene rings is 1. The SMILES string of the molecule is CS(=O)(=O)NCCNCc1cccc(F)c1F. The topological polar surface area (TPSA) is 58.2 Å². The lowest BCUT2D eigenvalue weighted by Gasteiger charge is -2.06. The quantitative estimate of drug-likeness (QED) is 0.740. The van der Waals surface area contributed by atoms with Gasteiger partial charge < -0.3 is 5.32 Å². The number of halogens is 2. The molecule has 1 aromatic carbocycles. The molecule has 0 saturated heterocycles. The van der Waals surface area contributed by atoms with E-state index in [-0.39, 0.29) is 18.7 Å². The molecule has 0 aromatic heterocycles. The number of rotatable bonds is 6. The minimum absolute atomic E-state index is 0.148. The molecule has 4 nitrogen and oxygen atoms in total. The molecule has 2 N–H and O–H groups in total. The van der Waals surface area contributed by atoms with E-state index in [1.54, 1.807) is 0 Å². The van der Waals surface area contributed by atoms with E-state index in [1.807, 2.05) is 0 Å². The first-order valence-corrected chi connectivity index (χ1v) is 6.87. The summed E-state index contributed by atoms with van der Waals surface area (Å²) >= 11 is 0. The molecule has 0 bridgehead atoms. The van der Waals surface area contributed by atoms with Gasteiger partial charge in [0.1, 0.15) is 0 Å². The summed E-state index contributed by atoms with van der Waals surface area (Å²) in [4.78, 5) is 0. The molecular weight excluding hydrogens is 250 g/mol. The van der Waals surface area contributed by atoms with Crippen molar-refractivity contribution in [3.63, 3.8) is 0 Å². The summed E-state index contributed by atoms with van der Waals surface area (Å²) in [5, 5.41) is 2.81. The fourth-order valence-corrected chi connectivity index (χ4v) is 1.71. The molecule has 0 unspecified atom stereocenters. The van der Waals surface area contributed by atoms with Crippen molar-refractivity contribution in [1.29, 1.82) is 0 Å². The first kappa shape index (κ1) is 14.0. The standard InChI is InChI=1S/C10H14F2N2O2S/c1-17(15,16)14-6-5-13-7-8-3-2-4-9(11)10(8)12/h2-4,13-14H,5-7H2,1H3. The zero-order chi connectivity index (χ0) is 12.9. The third-order valence-corrected chi connectivity index (χ3v) is 2.74. The van der Waals surface area contributed by atoms with Gasteiger partial charge >= 0.3 is 0 Å². The molecule has 0 atom stereocenters. The van der Waals surface area contributed by atoms with Crippen molar-refractivity contribution in [3.8, 4) is 0 Å². The van der Waals surface area contributed by atoms with Gasteiger partial charge in [-0.2, -0.15) is 0 Å². The monoisotopic (exact) mass is 264 g/mol. The predicted molar refractivity (Wildman–Crippen MR) is 60.9 cm³/mol. The Morgan fingerprint density at radius 1 is 1.24 bits per heavy atom. The summed E-state index contributed by atoms with van der Waals surface area (Å²) in [6, 6.07) is 3.93. The normalized spacial score (nSPS) is 11.7. The van der Waals surface area contributed by atoms with Crippen LogP contribution >= 0.6 is 0 Å². The van der Waals surface area contributed by atoms with Gasteiger partial charge in [-0.3, -0.25) is 0 Å². The van der Waals surface area contributed by atoms with Gasteiger partial charge in [-0.15, -0.1) is 0 Å². The maximum absolute atomic E-state index is 13.2. The van der Waals surface area contributed by atoms with Gasteiger partial charge in [0, 0.05) is 25.2 Å². The first-order valence-electron chi connectivity index (χ1n) is 4.98.